The zero-order chi connectivity index (χ0) is 56.4. The maximum absolute atomic E-state index is 13.6. The first kappa shape index (κ1) is 56.9. The number of rotatable bonds is 21. The minimum absolute atomic E-state index is 0.0126. The number of ether oxygens (including phenoxy) is 4. The topological polar surface area (TPSA) is 594 Å². The summed E-state index contributed by atoms with van der Waals surface area (Å²) in [7, 11) is -21.3. The van der Waals surface area contributed by atoms with Crippen LogP contribution in [0.4, 0.5) is 17.7 Å². The van der Waals surface area contributed by atoms with Gasteiger partial charge < -0.3 is 80.1 Å². The van der Waals surface area contributed by atoms with Crippen LogP contribution in [0.15, 0.2) is 40.0 Å². The number of phosphoric acid groups is 4. The van der Waals surface area contributed by atoms with Crippen molar-refractivity contribution in [3.05, 3.63) is 56.5 Å². The molecule has 6 aromatic heterocycles. The van der Waals surface area contributed by atoms with Crippen LogP contribution in [0.1, 0.15) is 18.7 Å². The van der Waals surface area contributed by atoms with E-state index in [9.17, 15) is 62.7 Å². The number of phosphoric ester groups is 3. The zero-order valence-electron chi connectivity index (χ0n) is 39.5. The molecule has 14 N–H and O–H groups in total. The van der Waals surface area contributed by atoms with Gasteiger partial charge in [-0.05, 0) is 5.53 Å². The number of azide groups is 1. The highest BCUT2D eigenvalue weighted by Gasteiger charge is 2.53. The second-order valence-electron chi connectivity index (χ2n) is 17.0. The van der Waals surface area contributed by atoms with Crippen LogP contribution >= 0.6 is 31.3 Å². The van der Waals surface area contributed by atoms with Crippen LogP contribution in [0.2, 0.25) is 0 Å². The van der Waals surface area contributed by atoms with Crippen molar-refractivity contribution < 1.29 is 103 Å². The van der Waals surface area contributed by atoms with Gasteiger partial charge in [0.1, 0.15) is 54.6 Å². The molecule has 3 aliphatic heterocycles. The first-order chi connectivity index (χ1) is 36.7. The molecule has 16 atom stereocenters. The molecular formula is C33H44N18O23P4. The number of aliphatic hydroxyl groups is 3. The Morgan fingerprint density at radius 1 is 0.782 bits per heavy atom. The van der Waals surface area contributed by atoms with E-state index in [0.29, 0.717) is 0 Å². The Kier molecular flexibility index (Phi) is 15.8. The van der Waals surface area contributed by atoms with E-state index in [4.69, 9.17) is 59.8 Å². The Balaban J connectivity index is 0.873. The Morgan fingerprint density at radius 3 is 2.08 bits per heavy atom. The van der Waals surface area contributed by atoms with Gasteiger partial charge in [0, 0.05) is 24.5 Å². The number of aromatic nitrogens is 12. The predicted molar refractivity (Wildman–Crippen MR) is 248 cm³/mol. The number of hydrogen-bond acceptors (Lipinski definition) is 30. The molecule has 0 aliphatic carbocycles. The van der Waals surface area contributed by atoms with E-state index in [1.807, 2.05) is 0 Å². The van der Waals surface area contributed by atoms with E-state index in [1.165, 1.54) is 27.1 Å². The van der Waals surface area contributed by atoms with Gasteiger partial charge in [-0.15, -0.1) is 0 Å². The van der Waals surface area contributed by atoms with Gasteiger partial charge in [0.2, 0.25) is 17.7 Å². The van der Waals surface area contributed by atoms with Crippen LogP contribution in [0.25, 0.3) is 43.9 Å². The number of imidazole rings is 3. The molecule has 4 unspecified atom stereocenters. The van der Waals surface area contributed by atoms with Crippen LogP contribution in [-0.2, 0) is 71.0 Å². The number of nitrogens with zero attached hydrogens (tertiary/aromatic N) is 13. The average molecular weight is 1180 g/mol. The summed E-state index contributed by atoms with van der Waals surface area (Å²) in [4.78, 5) is 101. The van der Waals surface area contributed by atoms with E-state index in [0.717, 1.165) is 30.7 Å². The van der Waals surface area contributed by atoms with Gasteiger partial charge in [-0.25, -0.2) is 38.2 Å². The van der Waals surface area contributed by atoms with E-state index in [2.05, 4.69) is 58.5 Å². The molecule has 41 nitrogen and oxygen atoms in total. The fourth-order valence-corrected chi connectivity index (χ4v) is 13.2. The average Bonchev–Trinajstić information content (AvgIpc) is 4.28. The van der Waals surface area contributed by atoms with Gasteiger partial charge in [-0.1, -0.05) is 10.1 Å². The Labute approximate surface area is 431 Å². The van der Waals surface area contributed by atoms with Gasteiger partial charge >= 0.3 is 29.1 Å². The molecule has 6 aromatic rings. The van der Waals surface area contributed by atoms with E-state index in [1.54, 1.807) is 0 Å². The van der Waals surface area contributed by atoms with Gasteiger partial charge in [-0.3, -0.25) is 46.9 Å². The Bertz CT molecular complexity index is 3630. The summed E-state index contributed by atoms with van der Waals surface area (Å²) >= 11 is 0. The Morgan fingerprint density at radius 2 is 1.40 bits per heavy atom. The molecule has 3 fully saturated rings. The largest absolute Gasteiger partial charge is 0.756 e. The number of nitrogen functional groups attached to an aromatic ring is 3. The zero-order valence-corrected chi connectivity index (χ0v) is 43.1. The molecule has 3 saturated heterocycles. The number of H-pyrrole nitrogens is 2. The lowest BCUT2D eigenvalue weighted by atomic mass is 9.98. The third kappa shape index (κ3) is 11.5. The number of anilines is 3. The van der Waals surface area contributed by atoms with Gasteiger partial charge in [-0.2, -0.15) is 13.6 Å². The molecule has 3 aliphatic rings. The molecule has 0 aromatic carbocycles. The second-order valence-corrected chi connectivity index (χ2v) is 23.0. The van der Waals surface area contributed by atoms with Crippen molar-refractivity contribution in [2.24, 2.45) is 18.1 Å². The lowest BCUT2D eigenvalue weighted by Crippen LogP contribution is -2.45. The third-order valence-corrected chi connectivity index (χ3v) is 17.3. The summed E-state index contributed by atoms with van der Waals surface area (Å²) < 4.78 is 109. The van der Waals surface area contributed by atoms with Crippen molar-refractivity contribution in [1.82, 2.24) is 53.6 Å². The fourth-order valence-electron chi connectivity index (χ4n) is 8.73. The fraction of sp³-hybridized carbons (Fsp3) is 0.545. The van der Waals surface area contributed by atoms with Crippen LogP contribution in [0.3, 0.4) is 0 Å². The normalized spacial score (nSPS) is 29.6. The first-order valence-corrected chi connectivity index (χ1v) is 27.9. The predicted octanol–water partition coefficient (Wildman–Crippen LogP) is -3.78. The summed E-state index contributed by atoms with van der Waals surface area (Å²) in [6.07, 6.45) is -13.8. The van der Waals surface area contributed by atoms with Crippen molar-refractivity contribution in [3.8, 4) is 0 Å². The van der Waals surface area contributed by atoms with Gasteiger partial charge in [0.25, 0.3) is 24.9 Å². The highest BCUT2D eigenvalue weighted by atomic mass is 31.3. The van der Waals surface area contributed by atoms with E-state index >= 15 is 0 Å². The molecule has 45 heteroatoms. The summed E-state index contributed by atoms with van der Waals surface area (Å²) in [5.41, 5.74) is 24.4. The maximum Gasteiger partial charge on any atom is 0.490 e. The molecule has 0 spiro atoms. The molecule has 78 heavy (non-hydrogen) atoms. The lowest BCUT2D eigenvalue weighted by molar-refractivity contribution is -0.745. The molecule has 0 amide bonds. The number of aryl methyl sites for hydroxylation is 1. The number of nitrogens with one attached hydrogen (secondary N) is 2. The van der Waals surface area contributed by atoms with Crippen molar-refractivity contribution in [3.63, 3.8) is 0 Å². The van der Waals surface area contributed by atoms with Crippen LogP contribution < -0.4 is 37.8 Å². The number of nitrogens with two attached hydrogens (primary N) is 3. The number of hydrogen-bond donors (Lipinski definition) is 11. The van der Waals surface area contributed by atoms with Crippen molar-refractivity contribution in [2.75, 3.05) is 50.7 Å². The highest BCUT2D eigenvalue weighted by molar-refractivity contribution is 7.66. The highest BCUT2D eigenvalue weighted by Crippen LogP contribution is 2.68. The molecule has 0 saturated carbocycles. The SMILES string of the molecule is CO[C@@H]1[C@H](OP(=O)([O-])OC[C@H]2O[C@@H](n3cnc4c(=O)[nH]c(N)nc43)[C@H](O)[C@@H]2O)[C@@H](COP(=O)(O)OP(=O)(O)OP(=O)(O)OC[C@H]2O[C@@H]([n+]3cn(C)c4c(=O)[nH]c(N)nc43)[C@H](O)[C@@H]2CN=[N+]=[N-])O[C@H]1n1cnc2c(N)ncnc21. The monoisotopic (exact) mass is 1180 g/mol. The van der Waals surface area contributed by atoms with Crippen molar-refractivity contribution in [2.45, 2.75) is 67.5 Å². The minimum atomic E-state index is -6.24. The van der Waals surface area contributed by atoms with Crippen molar-refractivity contribution >= 4 is 82.5 Å². The summed E-state index contributed by atoms with van der Waals surface area (Å²) in [5.74, 6) is -1.97. The molecule has 0 bridgehead atoms. The van der Waals surface area contributed by atoms with Gasteiger partial charge in [0.05, 0.1) is 45.6 Å². The quantitative estimate of drug-likeness (QED) is 0.0108. The standard InChI is InChI=1S/C33H44N18O23P4/c1-48-10-51(26-17(48)28(56)46-33(36)44-26)29-18(52)11(3-42-47-37)12(69-29)4-67-76(59,60)73-78(63,64)74-77(61,62)68-6-14-21(22(65-2)31(71-14)49-8-40-15-23(34)38-7-39-24(15)49)72-75(57,58)66-5-13-19(53)20(54)30(70-13)50-9-41-16-25(50)43-32(35)45-27(16)55/h7-14,18-22,29-31,52-54H,3-6H2,1-2H3,(H11-,34,35,36,38,39,43,44,45,46,55,56,57,58,59,60,61,62,63,64)/t11-,12-,13-,14-,18-,19-,20-,21-,22-,29-,30-,31-/m1/s1. The van der Waals surface area contributed by atoms with Crippen LogP contribution in [0.5, 0.6) is 0 Å². The summed E-state index contributed by atoms with van der Waals surface area (Å²) in [6.45, 7) is -3.94. The smallest absolute Gasteiger partial charge is 0.490 e. The summed E-state index contributed by atoms with van der Waals surface area (Å²) in [5, 5.41) is 36.4. The number of aromatic amines is 2. The minimum Gasteiger partial charge on any atom is -0.756 e. The van der Waals surface area contributed by atoms with Crippen LogP contribution in [0, 0.1) is 5.92 Å². The van der Waals surface area contributed by atoms with Gasteiger partial charge in [0.15, 0.2) is 41.4 Å². The molecule has 9 heterocycles. The molecule has 9 rings (SSSR count). The van der Waals surface area contributed by atoms with E-state index < -0.39 is 142 Å². The molecule has 424 valence electrons. The number of aliphatic hydroxyl groups excluding tert-OH is 3. The number of methoxy groups -OCH3 is 1. The third-order valence-electron chi connectivity index (χ3n) is 12.1. The van der Waals surface area contributed by atoms with Crippen LogP contribution in [-0.4, -0.2) is 166 Å². The first-order valence-electron chi connectivity index (χ1n) is 22.0. The number of fused-ring (bicyclic) bond motifs is 3. The summed E-state index contributed by atoms with van der Waals surface area (Å²) in [6, 6.07) is 0. The second kappa shape index (κ2) is 21.7. The molecule has 0 radical (unpaired) electrons. The van der Waals surface area contributed by atoms with Crippen molar-refractivity contribution in [1.29, 1.82) is 0 Å². The maximum atomic E-state index is 13.6. The Hall–Kier alpha value is -5.80. The molecular weight excluding hydrogens is 1140 g/mol. The lowest BCUT2D eigenvalue weighted by Gasteiger charge is -2.31. The van der Waals surface area contributed by atoms with E-state index in [-0.39, 0.29) is 51.2 Å².